The smallest absolute Gasteiger partial charge is 0.123 e. The highest BCUT2D eigenvalue weighted by molar-refractivity contribution is 5.56. The summed E-state index contributed by atoms with van der Waals surface area (Å²) in [7, 11) is 0. The van der Waals surface area contributed by atoms with Crippen LogP contribution in [-0.2, 0) is 19.5 Å². The van der Waals surface area contributed by atoms with Gasteiger partial charge in [-0.05, 0) is 47.7 Å². The number of nitrogens with zero attached hydrogens (tertiary/aromatic N) is 1. The van der Waals surface area contributed by atoms with Crippen LogP contribution in [0.15, 0.2) is 42.5 Å². The van der Waals surface area contributed by atoms with E-state index in [-0.39, 0.29) is 5.82 Å². The Balaban J connectivity index is 1.89. The Kier molecular flexibility index (Phi) is 3.70. The molecule has 0 saturated heterocycles. The summed E-state index contributed by atoms with van der Waals surface area (Å²) in [5.74, 6) is -0.215. The minimum Gasteiger partial charge on any atom is -0.367 e. The van der Waals surface area contributed by atoms with E-state index in [2.05, 4.69) is 29.2 Å². The zero-order chi connectivity index (χ0) is 13.9. The molecule has 0 unspecified atom stereocenters. The predicted octanol–water partition coefficient (Wildman–Crippen LogP) is 3.24. The summed E-state index contributed by atoms with van der Waals surface area (Å²) in [6.07, 6.45) is 2.30. The molecular weight excluding hydrogens is 251 g/mol. The van der Waals surface area contributed by atoms with Gasteiger partial charge in [-0.2, -0.15) is 0 Å². The maximum atomic E-state index is 13.3. The molecule has 3 heteroatoms. The fraction of sp³-hybridized carbons (Fsp3) is 0.294. The van der Waals surface area contributed by atoms with E-state index in [4.69, 9.17) is 5.73 Å². The summed E-state index contributed by atoms with van der Waals surface area (Å²) >= 11 is 0. The molecule has 1 aliphatic heterocycles. The molecule has 2 aromatic rings. The van der Waals surface area contributed by atoms with Crippen molar-refractivity contribution in [1.29, 1.82) is 0 Å². The number of halogens is 1. The van der Waals surface area contributed by atoms with E-state index in [1.807, 2.05) is 6.07 Å². The molecule has 0 aliphatic carbocycles. The van der Waals surface area contributed by atoms with Crippen molar-refractivity contribution in [2.24, 2.45) is 5.73 Å². The maximum absolute atomic E-state index is 13.3. The van der Waals surface area contributed by atoms with Crippen LogP contribution < -0.4 is 10.6 Å². The molecule has 0 saturated carbocycles. The summed E-state index contributed by atoms with van der Waals surface area (Å²) in [5.41, 5.74) is 10.4. The van der Waals surface area contributed by atoms with Crippen LogP contribution in [0.25, 0.3) is 0 Å². The van der Waals surface area contributed by atoms with E-state index in [1.54, 1.807) is 6.07 Å². The van der Waals surface area contributed by atoms with Gasteiger partial charge in [-0.3, -0.25) is 0 Å². The first-order valence-corrected chi connectivity index (χ1v) is 7.08. The molecular formula is C17H19FN2. The van der Waals surface area contributed by atoms with Crippen LogP contribution in [0.4, 0.5) is 10.1 Å². The standard InChI is InChI=1S/C17H19FN2/c18-16-8-7-14(15(10-16)11-19)12-20-9-3-5-13-4-1-2-6-17(13)20/h1-2,4,6-8,10H,3,5,9,11-12,19H2. The average Bonchev–Trinajstić information content (AvgIpc) is 2.49. The number of rotatable bonds is 3. The van der Waals surface area contributed by atoms with E-state index in [9.17, 15) is 4.39 Å². The Bertz CT molecular complexity index is 610. The van der Waals surface area contributed by atoms with Gasteiger partial charge >= 0.3 is 0 Å². The van der Waals surface area contributed by atoms with Crippen molar-refractivity contribution < 1.29 is 4.39 Å². The minimum absolute atomic E-state index is 0.215. The van der Waals surface area contributed by atoms with Gasteiger partial charge in [0.15, 0.2) is 0 Å². The lowest BCUT2D eigenvalue weighted by Crippen LogP contribution is -2.29. The van der Waals surface area contributed by atoms with Gasteiger partial charge in [-0.1, -0.05) is 24.3 Å². The number of benzene rings is 2. The molecule has 0 bridgehead atoms. The van der Waals surface area contributed by atoms with E-state index >= 15 is 0 Å². The van der Waals surface area contributed by atoms with Crippen molar-refractivity contribution in [1.82, 2.24) is 0 Å². The number of aryl methyl sites for hydroxylation is 1. The Hall–Kier alpha value is -1.87. The molecule has 2 aromatic carbocycles. The van der Waals surface area contributed by atoms with Gasteiger partial charge in [-0.15, -0.1) is 0 Å². The largest absolute Gasteiger partial charge is 0.367 e. The van der Waals surface area contributed by atoms with Crippen LogP contribution in [0.5, 0.6) is 0 Å². The first-order chi connectivity index (χ1) is 9.78. The lowest BCUT2D eigenvalue weighted by Gasteiger charge is -2.32. The van der Waals surface area contributed by atoms with Gasteiger partial charge in [0, 0.05) is 25.3 Å². The summed E-state index contributed by atoms with van der Waals surface area (Å²) in [6, 6.07) is 13.4. The fourth-order valence-electron chi connectivity index (χ4n) is 2.92. The average molecular weight is 270 g/mol. The van der Waals surface area contributed by atoms with Gasteiger partial charge in [0.2, 0.25) is 0 Å². The Morgan fingerprint density at radius 3 is 2.80 bits per heavy atom. The van der Waals surface area contributed by atoms with Crippen molar-refractivity contribution >= 4 is 5.69 Å². The van der Waals surface area contributed by atoms with Gasteiger partial charge in [0.25, 0.3) is 0 Å². The molecule has 3 rings (SSSR count). The Labute approximate surface area is 119 Å². The first-order valence-electron chi connectivity index (χ1n) is 7.08. The van der Waals surface area contributed by atoms with Crippen LogP contribution in [0.2, 0.25) is 0 Å². The van der Waals surface area contributed by atoms with Crippen molar-refractivity contribution in [3.05, 3.63) is 65.0 Å². The van der Waals surface area contributed by atoms with Crippen molar-refractivity contribution in [2.75, 3.05) is 11.4 Å². The molecule has 0 fully saturated rings. The zero-order valence-electron chi connectivity index (χ0n) is 11.5. The number of nitrogens with two attached hydrogens (primary N) is 1. The second-order valence-electron chi connectivity index (χ2n) is 5.27. The van der Waals surface area contributed by atoms with Crippen molar-refractivity contribution in [3.63, 3.8) is 0 Å². The zero-order valence-corrected chi connectivity index (χ0v) is 11.5. The molecule has 2 nitrogen and oxygen atoms in total. The maximum Gasteiger partial charge on any atom is 0.123 e. The summed E-state index contributed by atoms with van der Waals surface area (Å²) in [5, 5.41) is 0. The number of para-hydroxylation sites is 1. The molecule has 0 radical (unpaired) electrons. The molecule has 1 heterocycles. The second kappa shape index (κ2) is 5.63. The van der Waals surface area contributed by atoms with Crippen LogP contribution in [0.1, 0.15) is 23.1 Å². The van der Waals surface area contributed by atoms with E-state index < -0.39 is 0 Å². The number of fused-ring (bicyclic) bond motifs is 1. The van der Waals surface area contributed by atoms with Crippen LogP contribution in [-0.4, -0.2) is 6.54 Å². The molecule has 104 valence electrons. The van der Waals surface area contributed by atoms with Crippen LogP contribution in [0.3, 0.4) is 0 Å². The summed E-state index contributed by atoms with van der Waals surface area (Å²) in [4.78, 5) is 2.37. The fourth-order valence-corrected chi connectivity index (χ4v) is 2.92. The van der Waals surface area contributed by atoms with E-state index in [0.29, 0.717) is 6.54 Å². The summed E-state index contributed by atoms with van der Waals surface area (Å²) < 4.78 is 13.3. The third-order valence-electron chi connectivity index (χ3n) is 3.96. The molecule has 0 amide bonds. The number of anilines is 1. The van der Waals surface area contributed by atoms with Gasteiger partial charge in [0.05, 0.1) is 0 Å². The van der Waals surface area contributed by atoms with Crippen molar-refractivity contribution in [2.45, 2.75) is 25.9 Å². The highest BCUT2D eigenvalue weighted by atomic mass is 19.1. The molecule has 0 atom stereocenters. The SMILES string of the molecule is NCc1cc(F)ccc1CN1CCCc2ccccc21. The number of hydrogen-bond acceptors (Lipinski definition) is 2. The molecule has 1 aliphatic rings. The Morgan fingerprint density at radius 2 is 1.95 bits per heavy atom. The third kappa shape index (κ3) is 2.54. The quantitative estimate of drug-likeness (QED) is 0.927. The lowest BCUT2D eigenvalue weighted by molar-refractivity contribution is 0.622. The highest BCUT2D eigenvalue weighted by Gasteiger charge is 2.17. The van der Waals surface area contributed by atoms with Crippen LogP contribution in [0, 0.1) is 5.82 Å². The summed E-state index contributed by atoms with van der Waals surface area (Å²) in [6.45, 7) is 2.21. The monoisotopic (exact) mass is 270 g/mol. The minimum atomic E-state index is -0.215. The normalized spacial score (nSPS) is 14.2. The number of hydrogen-bond donors (Lipinski definition) is 1. The Morgan fingerprint density at radius 1 is 1.10 bits per heavy atom. The van der Waals surface area contributed by atoms with E-state index in [0.717, 1.165) is 37.1 Å². The van der Waals surface area contributed by atoms with E-state index in [1.165, 1.54) is 17.3 Å². The molecule has 0 aromatic heterocycles. The van der Waals surface area contributed by atoms with Crippen molar-refractivity contribution in [3.8, 4) is 0 Å². The predicted molar refractivity (Wildman–Crippen MR) is 80.1 cm³/mol. The highest BCUT2D eigenvalue weighted by Crippen LogP contribution is 2.28. The molecule has 0 spiro atoms. The second-order valence-corrected chi connectivity index (χ2v) is 5.27. The lowest BCUT2D eigenvalue weighted by atomic mass is 10.00. The topological polar surface area (TPSA) is 29.3 Å². The first kappa shape index (κ1) is 13.1. The van der Waals surface area contributed by atoms with Crippen LogP contribution >= 0.6 is 0 Å². The van der Waals surface area contributed by atoms with Gasteiger partial charge < -0.3 is 10.6 Å². The third-order valence-corrected chi connectivity index (χ3v) is 3.96. The van der Waals surface area contributed by atoms with Gasteiger partial charge in [0.1, 0.15) is 5.82 Å². The molecule has 2 N–H and O–H groups in total. The molecule has 20 heavy (non-hydrogen) atoms. The van der Waals surface area contributed by atoms with Gasteiger partial charge in [-0.25, -0.2) is 4.39 Å².